The normalized spacial score (nSPS) is 23.5. The molecule has 0 aliphatic carbocycles. The molecule has 0 aromatic heterocycles. The third-order valence-corrected chi connectivity index (χ3v) is 4.45. The third-order valence-electron chi connectivity index (χ3n) is 4.45. The van der Waals surface area contributed by atoms with E-state index in [0.717, 1.165) is 38.2 Å². The summed E-state index contributed by atoms with van der Waals surface area (Å²) in [5, 5.41) is 3.35. The Bertz CT molecular complexity index is 515. The molecule has 3 rings (SSSR count). The maximum atomic E-state index is 13.0. The molecule has 2 fully saturated rings. The highest BCUT2D eigenvalue weighted by molar-refractivity contribution is 5.78. The molecule has 23 heavy (non-hydrogen) atoms. The summed E-state index contributed by atoms with van der Waals surface area (Å²) in [6, 6.07) is 6.33. The van der Waals surface area contributed by atoms with Crippen LogP contribution in [-0.2, 0) is 9.53 Å². The minimum atomic E-state index is -0.257. The number of nitrogens with one attached hydrogen (secondary N) is 1. The SMILES string of the molecule is O=C(CN1CCCNCC1)N1CCOC(c2ccc(F)cc2)C1. The first-order chi connectivity index (χ1) is 11.2. The van der Waals surface area contributed by atoms with Gasteiger partial charge < -0.3 is 15.0 Å². The summed E-state index contributed by atoms with van der Waals surface area (Å²) in [6.07, 6.45) is 0.910. The van der Waals surface area contributed by atoms with Crippen molar-refractivity contribution in [3.63, 3.8) is 0 Å². The average molecular weight is 321 g/mol. The molecule has 5 nitrogen and oxygen atoms in total. The Labute approximate surface area is 136 Å². The van der Waals surface area contributed by atoms with Crippen molar-refractivity contribution in [1.82, 2.24) is 15.1 Å². The Morgan fingerprint density at radius 1 is 1.22 bits per heavy atom. The molecule has 2 aliphatic heterocycles. The molecule has 0 radical (unpaired) electrons. The van der Waals surface area contributed by atoms with Gasteiger partial charge >= 0.3 is 0 Å². The largest absolute Gasteiger partial charge is 0.370 e. The molecule has 0 bridgehead atoms. The van der Waals surface area contributed by atoms with Crippen molar-refractivity contribution in [3.05, 3.63) is 35.6 Å². The van der Waals surface area contributed by atoms with E-state index in [1.807, 2.05) is 4.90 Å². The summed E-state index contributed by atoms with van der Waals surface area (Å²) in [7, 11) is 0. The molecule has 2 heterocycles. The van der Waals surface area contributed by atoms with Crippen LogP contribution in [0.3, 0.4) is 0 Å². The van der Waals surface area contributed by atoms with Crippen LogP contribution in [0.1, 0.15) is 18.1 Å². The molecular weight excluding hydrogens is 297 g/mol. The molecule has 1 N–H and O–H groups in total. The highest BCUT2D eigenvalue weighted by atomic mass is 19.1. The van der Waals surface area contributed by atoms with Crippen molar-refractivity contribution in [2.75, 3.05) is 52.4 Å². The Morgan fingerprint density at radius 3 is 2.87 bits per heavy atom. The number of halogens is 1. The molecule has 2 aliphatic rings. The minimum absolute atomic E-state index is 0.155. The van der Waals surface area contributed by atoms with Gasteiger partial charge in [0, 0.05) is 19.6 Å². The molecule has 1 aromatic rings. The van der Waals surface area contributed by atoms with Gasteiger partial charge in [0.2, 0.25) is 5.91 Å². The summed E-state index contributed by atoms with van der Waals surface area (Å²) < 4.78 is 18.8. The highest BCUT2D eigenvalue weighted by Crippen LogP contribution is 2.22. The van der Waals surface area contributed by atoms with E-state index >= 15 is 0 Å². The van der Waals surface area contributed by atoms with Crippen LogP contribution < -0.4 is 5.32 Å². The number of carbonyl (C=O) groups is 1. The van der Waals surface area contributed by atoms with Crippen molar-refractivity contribution in [3.8, 4) is 0 Å². The standard InChI is InChI=1S/C17H24FN3O2/c18-15-4-2-14(3-5-15)16-12-21(10-11-23-16)17(22)13-20-8-1-6-19-7-9-20/h2-5,16,19H,1,6-13H2. The van der Waals surface area contributed by atoms with Gasteiger partial charge in [0.15, 0.2) is 0 Å². The number of morpholine rings is 1. The second-order valence-corrected chi connectivity index (χ2v) is 6.13. The van der Waals surface area contributed by atoms with Crippen molar-refractivity contribution in [2.24, 2.45) is 0 Å². The van der Waals surface area contributed by atoms with Gasteiger partial charge in [-0.1, -0.05) is 12.1 Å². The predicted octanol–water partition coefficient (Wildman–Crippen LogP) is 1.02. The number of hydrogen-bond acceptors (Lipinski definition) is 4. The maximum Gasteiger partial charge on any atom is 0.236 e. The number of carbonyl (C=O) groups excluding carboxylic acids is 1. The van der Waals surface area contributed by atoms with Gasteiger partial charge in [0.25, 0.3) is 0 Å². The summed E-state index contributed by atoms with van der Waals surface area (Å²) in [4.78, 5) is 16.6. The van der Waals surface area contributed by atoms with Gasteiger partial charge in [0.1, 0.15) is 11.9 Å². The maximum absolute atomic E-state index is 13.0. The van der Waals surface area contributed by atoms with Gasteiger partial charge in [-0.15, -0.1) is 0 Å². The number of ether oxygens (including phenoxy) is 1. The Hall–Kier alpha value is -1.50. The zero-order chi connectivity index (χ0) is 16.1. The molecule has 126 valence electrons. The van der Waals surface area contributed by atoms with E-state index in [9.17, 15) is 9.18 Å². The second kappa shape index (κ2) is 7.86. The number of hydrogen-bond donors (Lipinski definition) is 1. The molecule has 1 aromatic carbocycles. The van der Waals surface area contributed by atoms with Gasteiger partial charge in [-0.3, -0.25) is 9.69 Å². The fourth-order valence-corrected chi connectivity index (χ4v) is 3.11. The van der Waals surface area contributed by atoms with Crippen LogP contribution in [-0.4, -0.2) is 68.1 Å². The minimum Gasteiger partial charge on any atom is -0.370 e. The van der Waals surface area contributed by atoms with Crippen LogP contribution in [0.2, 0.25) is 0 Å². The zero-order valence-electron chi connectivity index (χ0n) is 13.3. The molecular formula is C17H24FN3O2. The van der Waals surface area contributed by atoms with Gasteiger partial charge in [0.05, 0.1) is 19.7 Å². The Morgan fingerprint density at radius 2 is 2.04 bits per heavy atom. The third kappa shape index (κ3) is 4.50. The lowest BCUT2D eigenvalue weighted by Gasteiger charge is -2.34. The van der Waals surface area contributed by atoms with Gasteiger partial charge in [-0.05, 0) is 37.2 Å². The lowest BCUT2D eigenvalue weighted by Crippen LogP contribution is -2.47. The zero-order valence-corrected chi connectivity index (χ0v) is 13.3. The monoisotopic (exact) mass is 321 g/mol. The van der Waals surface area contributed by atoms with E-state index in [1.54, 1.807) is 12.1 Å². The molecule has 0 spiro atoms. The molecule has 0 saturated carbocycles. The highest BCUT2D eigenvalue weighted by Gasteiger charge is 2.26. The first-order valence-corrected chi connectivity index (χ1v) is 8.30. The van der Waals surface area contributed by atoms with E-state index in [2.05, 4.69) is 10.2 Å². The lowest BCUT2D eigenvalue weighted by molar-refractivity contribution is -0.140. The summed E-state index contributed by atoms with van der Waals surface area (Å²) in [5.74, 6) is -0.102. The van der Waals surface area contributed by atoms with E-state index in [0.29, 0.717) is 26.2 Å². The number of nitrogens with zero attached hydrogens (tertiary/aromatic N) is 2. The van der Waals surface area contributed by atoms with Crippen molar-refractivity contribution in [2.45, 2.75) is 12.5 Å². The van der Waals surface area contributed by atoms with Crippen LogP contribution >= 0.6 is 0 Å². The summed E-state index contributed by atoms with van der Waals surface area (Å²) in [5.41, 5.74) is 0.919. The quantitative estimate of drug-likeness (QED) is 0.903. The number of rotatable bonds is 3. The van der Waals surface area contributed by atoms with Gasteiger partial charge in [-0.25, -0.2) is 4.39 Å². The number of amides is 1. The van der Waals surface area contributed by atoms with Crippen LogP contribution in [0.25, 0.3) is 0 Å². The van der Waals surface area contributed by atoms with Crippen LogP contribution in [0.4, 0.5) is 4.39 Å². The van der Waals surface area contributed by atoms with E-state index in [4.69, 9.17) is 4.74 Å². The second-order valence-electron chi connectivity index (χ2n) is 6.13. The Balaban J connectivity index is 1.56. The van der Waals surface area contributed by atoms with Crippen LogP contribution in [0.15, 0.2) is 24.3 Å². The van der Waals surface area contributed by atoms with Gasteiger partial charge in [-0.2, -0.15) is 0 Å². The molecule has 1 amide bonds. The fraction of sp³-hybridized carbons (Fsp3) is 0.588. The summed E-state index contributed by atoms with van der Waals surface area (Å²) in [6.45, 7) is 6.00. The smallest absolute Gasteiger partial charge is 0.236 e. The molecule has 1 unspecified atom stereocenters. The van der Waals surface area contributed by atoms with Crippen molar-refractivity contribution < 1.29 is 13.9 Å². The molecule has 6 heteroatoms. The van der Waals surface area contributed by atoms with Crippen molar-refractivity contribution in [1.29, 1.82) is 0 Å². The van der Waals surface area contributed by atoms with Crippen molar-refractivity contribution >= 4 is 5.91 Å². The summed E-state index contributed by atoms with van der Waals surface area (Å²) >= 11 is 0. The number of benzene rings is 1. The molecule has 2 saturated heterocycles. The van der Waals surface area contributed by atoms with E-state index in [1.165, 1.54) is 12.1 Å². The molecule has 1 atom stereocenters. The predicted molar refractivity (Wildman–Crippen MR) is 85.6 cm³/mol. The van der Waals surface area contributed by atoms with E-state index < -0.39 is 0 Å². The van der Waals surface area contributed by atoms with E-state index in [-0.39, 0.29) is 17.8 Å². The van der Waals surface area contributed by atoms with Crippen LogP contribution in [0.5, 0.6) is 0 Å². The first-order valence-electron chi connectivity index (χ1n) is 8.30. The lowest BCUT2D eigenvalue weighted by atomic mass is 10.1. The average Bonchev–Trinajstić information content (AvgIpc) is 2.84. The van der Waals surface area contributed by atoms with Crippen LogP contribution in [0, 0.1) is 5.82 Å². The Kier molecular flexibility index (Phi) is 5.59. The topological polar surface area (TPSA) is 44.8 Å². The first kappa shape index (κ1) is 16.4. The fourth-order valence-electron chi connectivity index (χ4n) is 3.11.